The van der Waals surface area contributed by atoms with Gasteiger partial charge in [0.2, 0.25) is 0 Å². The Morgan fingerprint density at radius 2 is 1.79 bits per heavy atom. The Hall–Kier alpha value is -0.160. The monoisotopic (exact) mass is 202 g/mol. The molecule has 0 aromatic rings. The van der Waals surface area contributed by atoms with Crippen molar-refractivity contribution in [2.75, 3.05) is 26.2 Å². The quantitative estimate of drug-likeness (QED) is 0.538. The number of hydrogen-bond donors (Lipinski definition) is 3. The van der Waals surface area contributed by atoms with Crippen LogP contribution in [-0.4, -0.2) is 47.7 Å². The van der Waals surface area contributed by atoms with Crippen molar-refractivity contribution >= 4 is 0 Å². The minimum Gasteiger partial charge on any atom is -0.392 e. The van der Waals surface area contributed by atoms with Gasteiger partial charge >= 0.3 is 0 Å². The Balaban J connectivity index is 0.000000140. The molecule has 0 unspecified atom stereocenters. The molecule has 4 heteroatoms. The average molecular weight is 202 g/mol. The third-order valence-corrected chi connectivity index (χ3v) is 2.60. The van der Waals surface area contributed by atoms with Crippen LogP contribution in [0.25, 0.3) is 0 Å². The van der Waals surface area contributed by atoms with E-state index >= 15 is 0 Å². The Morgan fingerprint density at radius 3 is 2.07 bits per heavy atom. The predicted octanol–water partition coefficient (Wildman–Crippen LogP) is 0.592. The van der Waals surface area contributed by atoms with Crippen LogP contribution in [0.1, 0.15) is 32.1 Å². The summed E-state index contributed by atoms with van der Waals surface area (Å²) in [5.41, 5.74) is 0. The second kappa shape index (κ2) is 7.17. The van der Waals surface area contributed by atoms with Crippen molar-refractivity contribution in [1.29, 1.82) is 0 Å². The van der Waals surface area contributed by atoms with E-state index in [1.807, 2.05) is 0 Å². The van der Waals surface area contributed by atoms with Gasteiger partial charge in [-0.15, -0.1) is 0 Å². The molecule has 14 heavy (non-hydrogen) atoms. The molecule has 0 aromatic carbocycles. The summed E-state index contributed by atoms with van der Waals surface area (Å²) < 4.78 is 0. The van der Waals surface area contributed by atoms with Gasteiger partial charge in [-0.2, -0.15) is 5.06 Å². The molecule has 1 atom stereocenters. The molecule has 0 aromatic heterocycles. The molecule has 84 valence electrons. The van der Waals surface area contributed by atoms with Gasteiger partial charge in [-0.25, -0.2) is 0 Å². The summed E-state index contributed by atoms with van der Waals surface area (Å²) in [6.07, 6.45) is 5.65. The first-order chi connectivity index (χ1) is 6.79. The van der Waals surface area contributed by atoms with Crippen LogP contribution < -0.4 is 5.32 Å². The summed E-state index contributed by atoms with van der Waals surface area (Å²) in [4.78, 5) is 0. The molecule has 4 nitrogen and oxygen atoms in total. The first-order valence-corrected chi connectivity index (χ1v) is 5.61. The maximum absolute atomic E-state index is 8.85. The minimum absolute atomic E-state index is 0.0752. The number of rotatable bonds is 0. The fourth-order valence-electron chi connectivity index (χ4n) is 1.71. The lowest BCUT2D eigenvalue weighted by atomic mass is 10.1. The molecule has 0 bridgehead atoms. The fourth-order valence-corrected chi connectivity index (χ4v) is 1.71. The van der Waals surface area contributed by atoms with Gasteiger partial charge in [-0.1, -0.05) is 6.42 Å². The predicted molar refractivity (Wildman–Crippen MR) is 55.3 cm³/mol. The maximum atomic E-state index is 8.85. The SMILES string of the molecule is ON1CCCCC1.O[C@@H]1CCCNC1. The van der Waals surface area contributed by atoms with Gasteiger partial charge in [0.15, 0.2) is 0 Å². The third-order valence-electron chi connectivity index (χ3n) is 2.60. The van der Waals surface area contributed by atoms with Crippen LogP contribution >= 0.6 is 0 Å². The van der Waals surface area contributed by atoms with Crippen molar-refractivity contribution in [3.05, 3.63) is 0 Å². The van der Waals surface area contributed by atoms with Crippen molar-refractivity contribution in [3.8, 4) is 0 Å². The molecule has 3 N–H and O–H groups in total. The van der Waals surface area contributed by atoms with Gasteiger partial charge in [0, 0.05) is 19.6 Å². The summed E-state index contributed by atoms with van der Waals surface area (Å²) >= 11 is 0. The van der Waals surface area contributed by atoms with Gasteiger partial charge in [0.05, 0.1) is 6.10 Å². The Kier molecular flexibility index (Phi) is 6.10. The number of hydrogen-bond acceptors (Lipinski definition) is 4. The lowest BCUT2D eigenvalue weighted by Gasteiger charge is -2.18. The van der Waals surface area contributed by atoms with E-state index < -0.39 is 0 Å². The van der Waals surface area contributed by atoms with Crippen LogP contribution in [0, 0.1) is 0 Å². The molecule has 2 heterocycles. The molecule has 2 rings (SSSR count). The molecule has 0 spiro atoms. The van der Waals surface area contributed by atoms with E-state index in [-0.39, 0.29) is 6.10 Å². The summed E-state index contributed by atoms with van der Waals surface area (Å²) in [6, 6.07) is 0. The number of nitrogens with one attached hydrogen (secondary N) is 1. The largest absolute Gasteiger partial charge is 0.392 e. The van der Waals surface area contributed by atoms with Crippen LogP contribution in [0.5, 0.6) is 0 Å². The van der Waals surface area contributed by atoms with Crippen LogP contribution in [-0.2, 0) is 0 Å². The Morgan fingerprint density at radius 1 is 1.07 bits per heavy atom. The third kappa shape index (κ3) is 5.54. The highest BCUT2D eigenvalue weighted by atomic mass is 16.5. The summed E-state index contributed by atoms with van der Waals surface area (Å²) in [5, 5.41) is 22.1. The first-order valence-electron chi connectivity index (χ1n) is 5.61. The van der Waals surface area contributed by atoms with E-state index in [1.165, 1.54) is 11.5 Å². The number of piperidine rings is 2. The van der Waals surface area contributed by atoms with Crippen molar-refractivity contribution in [1.82, 2.24) is 10.4 Å². The van der Waals surface area contributed by atoms with Crippen molar-refractivity contribution in [2.24, 2.45) is 0 Å². The smallest absolute Gasteiger partial charge is 0.0665 e. The van der Waals surface area contributed by atoms with Crippen LogP contribution in [0.2, 0.25) is 0 Å². The Bertz CT molecular complexity index is 116. The van der Waals surface area contributed by atoms with Gasteiger partial charge in [-0.05, 0) is 32.2 Å². The zero-order valence-corrected chi connectivity index (χ0v) is 8.78. The highest BCUT2D eigenvalue weighted by Crippen LogP contribution is 2.04. The molecular formula is C10H22N2O2. The first kappa shape index (κ1) is 11.9. The molecule has 0 saturated carbocycles. The number of hydroxylamine groups is 2. The molecule has 2 aliphatic rings. The van der Waals surface area contributed by atoms with Crippen molar-refractivity contribution in [3.63, 3.8) is 0 Å². The summed E-state index contributed by atoms with van der Waals surface area (Å²) in [6.45, 7) is 3.62. The molecule has 2 aliphatic heterocycles. The lowest BCUT2D eigenvalue weighted by molar-refractivity contribution is -0.103. The van der Waals surface area contributed by atoms with Gasteiger partial charge in [0.1, 0.15) is 0 Å². The second-order valence-electron chi connectivity index (χ2n) is 4.01. The highest BCUT2D eigenvalue weighted by Gasteiger charge is 2.06. The molecular weight excluding hydrogens is 180 g/mol. The van der Waals surface area contributed by atoms with E-state index in [2.05, 4.69) is 5.32 Å². The number of nitrogens with zero attached hydrogens (tertiary/aromatic N) is 1. The Labute approximate surface area is 85.9 Å². The van der Waals surface area contributed by atoms with Crippen molar-refractivity contribution < 1.29 is 10.3 Å². The fraction of sp³-hybridized carbons (Fsp3) is 1.00. The zero-order chi connectivity index (χ0) is 10.2. The lowest BCUT2D eigenvalue weighted by Crippen LogP contribution is -2.33. The van der Waals surface area contributed by atoms with E-state index in [0.29, 0.717) is 0 Å². The molecule has 0 radical (unpaired) electrons. The van der Waals surface area contributed by atoms with Crippen LogP contribution in [0.15, 0.2) is 0 Å². The number of β-amino-alcohol motifs (C(OH)–C–C–N with tert-alkyl or cyclic N) is 1. The van der Waals surface area contributed by atoms with Gasteiger partial charge < -0.3 is 15.6 Å². The van der Waals surface area contributed by atoms with Gasteiger partial charge in [0.25, 0.3) is 0 Å². The summed E-state index contributed by atoms with van der Waals surface area (Å²) in [7, 11) is 0. The molecule has 0 aliphatic carbocycles. The highest BCUT2D eigenvalue weighted by molar-refractivity contribution is 4.65. The zero-order valence-electron chi connectivity index (χ0n) is 8.78. The van der Waals surface area contributed by atoms with Crippen LogP contribution in [0.3, 0.4) is 0 Å². The van der Waals surface area contributed by atoms with E-state index in [1.54, 1.807) is 0 Å². The van der Waals surface area contributed by atoms with E-state index in [4.69, 9.17) is 10.3 Å². The van der Waals surface area contributed by atoms with Crippen LogP contribution in [0.4, 0.5) is 0 Å². The number of aliphatic hydroxyl groups is 1. The number of aliphatic hydroxyl groups excluding tert-OH is 1. The molecule has 0 amide bonds. The topological polar surface area (TPSA) is 55.7 Å². The van der Waals surface area contributed by atoms with E-state index in [9.17, 15) is 0 Å². The van der Waals surface area contributed by atoms with Gasteiger partial charge in [-0.3, -0.25) is 0 Å². The van der Waals surface area contributed by atoms with Crippen molar-refractivity contribution in [2.45, 2.75) is 38.2 Å². The minimum atomic E-state index is -0.0752. The normalized spacial score (nSPS) is 29.1. The average Bonchev–Trinajstić information content (AvgIpc) is 2.21. The second-order valence-corrected chi connectivity index (χ2v) is 4.01. The standard InChI is InChI=1S/2C5H11NO/c7-5-2-1-3-6-4-5;7-6-4-2-1-3-5-6/h5-7H,1-4H2;7H,1-5H2/t5-;/m1./s1. The molecule has 2 fully saturated rings. The summed E-state index contributed by atoms with van der Waals surface area (Å²) in [5.74, 6) is 0. The molecule has 2 saturated heterocycles. The maximum Gasteiger partial charge on any atom is 0.0665 e. The van der Waals surface area contributed by atoms with E-state index in [0.717, 1.165) is 51.9 Å².